The number of rotatable bonds is 4. The minimum Gasteiger partial charge on any atom is -0.496 e. The van der Waals surface area contributed by atoms with E-state index in [4.69, 9.17) is 16.2 Å². The van der Waals surface area contributed by atoms with E-state index in [0.717, 1.165) is 23.3 Å². The normalized spacial score (nSPS) is 10.3. The molecule has 0 aliphatic carbocycles. The van der Waals surface area contributed by atoms with Gasteiger partial charge in [-0.1, -0.05) is 24.3 Å². The minimum atomic E-state index is 0.671. The highest BCUT2D eigenvalue weighted by Gasteiger charge is 2.06. The number of nitrogen functional groups attached to an aromatic ring is 1. The van der Waals surface area contributed by atoms with Crippen molar-refractivity contribution in [1.29, 1.82) is 0 Å². The highest BCUT2D eigenvalue weighted by Crippen LogP contribution is 2.31. The van der Waals surface area contributed by atoms with Gasteiger partial charge in [0.05, 0.1) is 7.11 Å². The molecular weight excluding hydrogens is 224 g/mol. The highest BCUT2D eigenvalue weighted by atomic mass is 16.5. The SMILES string of the molecule is COc1cc(N)ccc1-c1ccc(CCN)cc1. The molecule has 0 unspecified atom stereocenters. The molecule has 94 valence electrons. The Morgan fingerprint density at radius 1 is 1.06 bits per heavy atom. The maximum absolute atomic E-state index is 5.75. The zero-order valence-corrected chi connectivity index (χ0v) is 10.5. The van der Waals surface area contributed by atoms with Crippen LogP contribution in [-0.2, 0) is 6.42 Å². The van der Waals surface area contributed by atoms with Gasteiger partial charge >= 0.3 is 0 Å². The molecule has 18 heavy (non-hydrogen) atoms. The van der Waals surface area contributed by atoms with Crippen molar-refractivity contribution in [2.24, 2.45) is 5.73 Å². The van der Waals surface area contributed by atoms with Crippen molar-refractivity contribution in [3.05, 3.63) is 48.0 Å². The monoisotopic (exact) mass is 242 g/mol. The summed E-state index contributed by atoms with van der Waals surface area (Å²) >= 11 is 0. The molecule has 4 N–H and O–H groups in total. The standard InChI is InChI=1S/C15H18N2O/c1-18-15-10-13(17)6-7-14(15)12-4-2-11(3-5-12)8-9-16/h2-7,10H,8-9,16-17H2,1H3. The van der Waals surface area contributed by atoms with Gasteiger partial charge in [0.1, 0.15) is 5.75 Å². The van der Waals surface area contributed by atoms with Crippen LogP contribution < -0.4 is 16.2 Å². The molecule has 0 amide bonds. The molecule has 2 rings (SSSR count). The summed E-state index contributed by atoms with van der Waals surface area (Å²) in [4.78, 5) is 0. The van der Waals surface area contributed by atoms with Gasteiger partial charge in [0.25, 0.3) is 0 Å². The molecule has 0 bridgehead atoms. The molecule has 2 aromatic carbocycles. The molecule has 0 aliphatic heterocycles. The van der Waals surface area contributed by atoms with Gasteiger partial charge in [0.2, 0.25) is 0 Å². The first-order valence-electron chi connectivity index (χ1n) is 5.97. The van der Waals surface area contributed by atoms with Gasteiger partial charge in [-0.15, -0.1) is 0 Å². The molecule has 0 saturated carbocycles. The number of ether oxygens (including phenoxy) is 1. The summed E-state index contributed by atoms with van der Waals surface area (Å²) in [6.45, 7) is 0.671. The third-order valence-corrected chi connectivity index (χ3v) is 2.92. The van der Waals surface area contributed by atoms with Gasteiger partial charge < -0.3 is 16.2 Å². The van der Waals surface area contributed by atoms with Crippen molar-refractivity contribution in [1.82, 2.24) is 0 Å². The largest absolute Gasteiger partial charge is 0.496 e. The van der Waals surface area contributed by atoms with E-state index in [1.165, 1.54) is 5.56 Å². The van der Waals surface area contributed by atoms with Crippen molar-refractivity contribution in [2.45, 2.75) is 6.42 Å². The summed E-state index contributed by atoms with van der Waals surface area (Å²) < 4.78 is 5.36. The van der Waals surface area contributed by atoms with Gasteiger partial charge in [-0.2, -0.15) is 0 Å². The van der Waals surface area contributed by atoms with Gasteiger partial charge in [-0.25, -0.2) is 0 Å². The molecule has 0 spiro atoms. The maximum Gasteiger partial charge on any atom is 0.128 e. The van der Waals surface area contributed by atoms with Crippen LogP contribution in [0.5, 0.6) is 5.75 Å². The third-order valence-electron chi connectivity index (χ3n) is 2.92. The third kappa shape index (κ3) is 2.63. The van der Waals surface area contributed by atoms with Crippen LogP contribution in [-0.4, -0.2) is 13.7 Å². The fourth-order valence-corrected chi connectivity index (χ4v) is 1.96. The van der Waals surface area contributed by atoms with E-state index in [1.807, 2.05) is 18.2 Å². The summed E-state index contributed by atoms with van der Waals surface area (Å²) in [5.41, 5.74) is 15.4. The first-order valence-corrected chi connectivity index (χ1v) is 5.97. The van der Waals surface area contributed by atoms with Crippen molar-refractivity contribution in [3.63, 3.8) is 0 Å². The van der Waals surface area contributed by atoms with E-state index < -0.39 is 0 Å². The van der Waals surface area contributed by atoms with Gasteiger partial charge in [0.15, 0.2) is 0 Å². The number of hydrogen-bond acceptors (Lipinski definition) is 3. The Morgan fingerprint density at radius 3 is 2.39 bits per heavy atom. The lowest BCUT2D eigenvalue weighted by atomic mass is 10.0. The molecular formula is C15H18N2O. The van der Waals surface area contributed by atoms with Crippen LogP contribution in [0.25, 0.3) is 11.1 Å². The van der Waals surface area contributed by atoms with Crippen LogP contribution in [0.1, 0.15) is 5.56 Å². The van der Waals surface area contributed by atoms with E-state index in [0.29, 0.717) is 12.2 Å². The van der Waals surface area contributed by atoms with Crippen LogP contribution in [0, 0.1) is 0 Å². The van der Waals surface area contributed by atoms with Gasteiger partial charge in [-0.05, 0) is 36.2 Å². The van der Waals surface area contributed by atoms with Crippen LogP contribution in [0.15, 0.2) is 42.5 Å². The topological polar surface area (TPSA) is 61.3 Å². The lowest BCUT2D eigenvalue weighted by Gasteiger charge is -2.10. The number of benzene rings is 2. The molecule has 0 fully saturated rings. The Bertz CT molecular complexity index is 521. The quantitative estimate of drug-likeness (QED) is 0.809. The number of nitrogens with two attached hydrogens (primary N) is 2. The lowest BCUT2D eigenvalue weighted by molar-refractivity contribution is 0.416. The molecule has 3 nitrogen and oxygen atoms in total. The van der Waals surface area contributed by atoms with Crippen LogP contribution in [0.4, 0.5) is 5.69 Å². The summed E-state index contributed by atoms with van der Waals surface area (Å²) in [6.07, 6.45) is 0.902. The average Bonchev–Trinajstić information content (AvgIpc) is 2.40. The van der Waals surface area contributed by atoms with E-state index in [9.17, 15) is 0 Å². The molecule has 0 atom stereocenters. The number of hydrogen-bond donors (Lipinski definition) is 2. The second-order valence-electron chi connectivity index (χ2n) is 4.20. The first-order chi connectivity index (χ1) is 8.74. The minimum absolute atomic E-state index is 0.671. The highest BCUT2D eigenvalue weighted by molar-refractivity contribution is 5.73. The predicted molar refractivity (Wildman–Crippen MR) is 75.6 cm³/mol. The second-order valence-corrected chi connectivity index (χ2v) is 4.20. The van der Waals surface area contributed by atoms with Crippen molar-refractivity contribution >= 4 is 5.69 Å². The van der Waals surface area contributed by atoms with Gasteiger partial charge in [-0.3, -0.25) is 0 Å². The number of methoxy groups -OCH3 is 1. The van der Waals surface area contributed by atoms with E-state index in [2.05, 4.69) is 24.3 Å². The molecule has 0 aromatic heterocycles. The molecule has 0 radical (unpaired) electrons. The smallest absolute Gasteiger partial charge is 0.128 e. The molecule has 0 heterocycles. The predicted octanol–water partition coefficient (Wildman–Crippen LogP) is 2.45. The molecule has 3 heteroatoms. The summed E-state index contributed by atoms with van der Waals surface area (Å²) in [5, 5.41) is 0. The van der Waals surface area contributed by atoms with Gasteiger partial charge in [0, 0.05) is 17.3 Å². The Balaban J connectivity index is 2.36. The Morgan fingerprint density at radius 2 is 1.78 bits per heavy atom. The van der Waals surface area contributed by atoms with Crippen molar-refractivity contribution in [2.75, 3.05) is 19.4 Å². The Hall–Kier alpha value is -2.00. The van der Waals surface area contributed by atoms with E-state index >= 15 is 0 Å². The maximum atomic E-state index is 5.75. The van der Waals surface area contributed by atoms with Crippen LogP contribution in [0.3, 0.4) is 0 Å². The second kappa shape index (κ2) is 5.56. The van der Waals surface area contributed by atoms with Crippen molar-refractivity contribution < 1.29 is 4.74 Å². The molecule has 2 aromatic rings. The average molecular weight is 242 g/mol. The van der Waals surface area contributed by atoms with Crippen molar-refractivity contribution in [3.8, 4) is 16.9 Å². The number of anilines is 1. The van der Waals surface area contributed by atoms with Crippen LogP contribution >= 0.6 is 0 Å². The fourth-order valence-electron chi connectivity index (χ4n) is 1.96. The molecule has 0 aliphatic rings. The first kappa shape index (κ1) is 12.5. The Labute approximate surface area is 107 Å². The fraction of sp³-hybridized carbons (Fsp3) is 0.200. The van der Waals surface area contributed by atoms with E-state index in [-0.39, 0.29) is 0 Å². The Kier molecular flexibility index (Phi) is 3.85. The molecule has 0 saturated heterocycles. The summed E-state index contributed by atoms with van der Waals surface area (Å²) in [6, 6.07) is 14.1. The summed E-state index contributed by atoms with van der Waals surface area (Å²) in [7, 11) is 1.65. The van der Waals surface area contributed by atoms with E-state index in [1.54, 1.807) is 7.11 Å². The zero-order valence-electron chi connectivity index (χ0n) is 10.5. The summed E-state index contributed by atoms with van der Waals surface area (Å²) in [5.74, 6) is 0.793. The van der Waals surface area contributed by atoms with Crippen LogP contribution in [0.2, 0.25) is 0 Å². The lowest BCUT2D eigenvalue weighted by Crippen LogP contribution is -2.02. The zero-order chi connectivity index (χ0) is 13.0.